The van der Waals surface area contributed by atoms with Gasteiger partial charge in [-0.15, -0.1) is 0 Å². The fourth-order valence-electron chi connectivity index (χ4n) is 3.71. The molecule has 4 rings (SSSR count). The van der Waals surface area contributed by atoms with Crippen molar-refractivity contribution in [3.05, 3.63) is 64.9 Å². The van der Waals surface area contributed by atoms with Crippen LogP contribution in [0.3, 0.4) is 0 Å². The van der Waals surface area contributed by atoms with Crippen LogP contribution in [0.2, 0.25) is 0 Å². The number of nitrogens with one attached hydrogen (secondary N) is 1. The van der Waals surface area contributed by atoms with Gasteiger partial charge in [-0.25, -0.2) is 13.9 Å². The number of aryl methyl sites for hydroxylation is 1. The molecule has 7 nitrogen and oxygen atoms in total. The maximum absolute atomic E-state index is 14.9. The Morgan fingerprint density at radius 1 is 1.29 bits per heavy atom. The summed E-state index contributed by atoms with van der Waals surface area (Å²) >= 11 is 0. The highest BCUT2D eigenvalue weighted by Crippen LogP contribution is 2.41. The molecule has 0 bridgehead atoms. The van der Waals surface area contributed by atoms with Crippen molar-refractivity contribution in [3.8, 4) is 0 Å². The number of ether oxygens (including phenoxy) is 1. The summed E-state index contributed by atoms with van der Waals surface area (Å²) in [5, 5.41) is 17.6. The quantitative estimate of drug-likeness (QED) is 0.614. The first kappa shape index (κ1) is 21.2. The van der Waals surface area contributed by atoms with Crippen LogP contribution in [-0.2, 0) is 16.5 Å². The maximum Gasteiger partial charge on any atom is 0.416 e. The lowest BCUT2D eigenvalue weighted by molar-refractivity contribution is -0.137. The molecule has 1 amide bonds. The molecule has 1 aliphatic heterocycles. The van der Waals surface area contributed by atoms with Crippen LogP contribution in [-0.4, -0.2) is 44.4 Å². The van der Waals surface area contributed by atoms with E-state index >= 15 is 0 Å². The minimum Gasteiger partial charge on any atom is -0.385 e. The number of rotatable bonds is 3. The molecule has 1 fully saturated rings. The molecular weight excluding hydrogens is 420 g/mol. The minimum absolute atomic E-state index is 0.0504. The predicted octanol–water partition coefficient (Wildman–Crippen LogP) is 2.60. The second-order valence-electron chi connectivity index (χ2n) is 7.78. The molecule has 3 heterocycles. The second-order valence-corrected chi connectivity index (χ2v) is 7.78. The summed E-state index contributed by atoms with van der Waals surface area (Å²) in [6.45, 7) is 2.50. The largest absolute Gasteiger partial charge is 0.416 e. The van der Waals surface area contributed by atoms with Crippen LogP contribution in [0.1, 0.15) is 34.0 Å². The zero-order valence-corrected chi connectivity index (χ0v) is 16.5. The van der Waals surface area contributed by atoms with Crippen molar-refractivity contribution in [1.82, 2.24) is 19.9 Å². The van der Waals surface area contributed by atoms with E-state index in [1.54, 1.807) is 13.1 Å². The lowest BCUT2D eigenvalue weighted by atomic mass is 9.77. The van der Waals surface area contributed by atoms with Gasteiger partial charge in [-0.3, -0.25) is 4.79 Å². The predicted molar refractivity (Wildman–Crippen MR) is 99.7 cm³/mol. The average molecular weight is 438 g/mol. The summed E-state index contributed by atoms with van der Waals surface area (Å²) in [7, 11) is 0. The van der Waals surface area contributed by atoms with Crippen LogP contribution < -0.4 is 5.32 Å². The SMILES string of the molecule is Cc1cnc2c(C(=O)N[C@]3(c4ccc(C(F)(F)F)cc4F)COC[C@]3(C)O)cnn2c1. The zero-order valence-electron chi connectivity index (χ0n) is 16.5. The number of hydrogen-bond acceptors (Lipinski definition) is 5. The average Bonchev–Trinajstić information content (AvgIpc) is 3.21. The fourth-order valence-corrected chi connectivity index (χ4v) is 3.71. The molecule has 0 unspecified atom stereocenters. The van der Waals surface area contributed by atoms with Crippen molar-refractivity contribution in [3.63, 3.8) is 0 Å². The van der Waals surface area contributed by atoms with Gasteiger partial charge in [0.1, 0.15) is 22.5 Å². The Kier molecular flexibility index (Phi) is 4.78. The number of amides is 1. The first-order chi connectivity index (χ1) is 14.4. The molecule has 2 N–H and O–H groups in total. The molecule has 31 heavy (non-hydrogen) atoms. The number of hydrogen-bond donors (Lipinski definition) is 2. The Balaban J connectivity index is 1.78. The summed E-state index contributed by atoms with van der Waals surface area (Å²) in [5.74, 6) is -1.97. The summed E-state index contributed by atoms with van der Waals surface area (Å²) < 4.78 is 60.5. The summed E-state index contributed by atoms with van der Waals surface area (Å²) in [6, 6.07) is 1.93. The van der Waals surface area contributed by atoms with E-state index in [2.05, 4.69) is 15.4 Å². The number of alkyl halides is 3. The van der Waals surface area contributed by atoms with E-state index in [9.17, 15) is 27.5 Å². The van der Waals surface area contributed by atoms with Crippen LogP contribution >= 0.6 is 0 Å². The highest BCUT2D eigenvalue weighted by Gasteiger charge is 2.56. The first-order valence-electron chi connectivity index (χ1n) is 9.24. The summed E-state index contributed by atoms with van der Waals surface area (Å²) in [5.41, 5.74) is -4.07. The minimum atomic E-state index is -4.74. The summed E-state index contributed by atoms with van der Waals surface area (Å²) in [6.07, 6.45) is -0.295. The summed E-state index contributed by atoms with van der Waals surface area (Å²) in [4.78, 5) is 17.3. The monoisotopic (exact) mass is 438 g/mol. The molecule has 11 heteroatoms. The van der Waals surface area contributed by atoms with Crippen LogP contribution in [0.25, 0.3) is 5.65 Å². The number of carbonyl (C=O) groups excluding carboxylic acids is 1. The molecule has 0 saturated carbocycles. The third-order valence-electron chi connectivity index (χ3n) is 5.43. The number of aliphatic hydroxyl groups is 1. The Morgan fingerprint density at radius 2 is 2.03 bits per heavy atom. The van der Waals surface area contributed by atoms with Gasteiger partial charge in [-0.05, 0) is 31.5 Å². The van der Waals surface area contributed by atoms with E-state index in [4.69, 9.17) is 4.74 Å². The molecule has 0 spiro atoms. The standard InChI is InChI=1S/C20H18F4N4O3/c1-11-6-25-16-13(7-26-28(16)8-11)17(29)27-19(10-31-9-18(19,2)30)14-4-3-12(5-15(14)21)20(22,23)24/h3-8,30H,9-10H2,1-2H3,(H,27,29)/t18-,19-/m0/s1. The first-order valence-corrected chi connectivity index (χ1v) is 9.24. The fraction of sp³-hybridized carbons (Fsp3) is 0.350. The van der Waals surface area contributed by atoms with E-state index in [1.165, 1.54) is 23.8 Å². The third-order valence-corrected chi connectivity index (χ3v) is 5.43. The van der Waals surface area contributed by atoms with Crippen molar-refractivity contribution in [2.24, 2.45) is 0 Å². The van der Waals surface area contributed by atoms with E-state index < -0.39 is 34.6 Å². The van der Waals surface area contributed by atoms with Crippen LogP contribution in [0.4, 0.5) is 17.6 Å². The molecule has 3 aromatic rings. The number of nitrogens with zero attached hydrogens (tertiary/aromatic N) is 3. The van der Waals surface area contributed by atoms with Crippen molar-refractivity contribution in [2.75, 3.05) is 13.2 Å². The molecule has 2 aromatic heterocycles. The number of benzene rings is 1. The number of aromatic nitrogens is 3. The Labute approximate surface area is 173 Å². The van der Waals surface area contributed by atoms with Crippen molar-refractivity contribution < 1.29 is 32.2 Å². The maximum atomic E-state index is 14.9. The van der Waals surface area contributed by atoms with E-state index in [0.29, 0.717) is 12.1 Å². The topological polar surface area (TPSA) is 88.8 Å². The van der Waals surface area contributed by atoms with Crippen LogP contribution in [0.15, 0.2) is 36.8 Å². The van der Waals surface area contributed by atoms with Gasteiger partial charge < -0.3 is 15.2 Å². The van der Waals surface area contributed by atoms with Gasteiger partial charge in [0, 0.05) is 18.0 Å². The van der Waals surface area contributed by atoms with E-state index in [1.807, 2.05) is 0 Å². The van der Waals surface area contributed by atoms with Crippen molar-refractivity contribution >= 4 is 11.6 Å². The molecule has 164 valence electrons. The Hall–Kier alpha value is -3.05. The Morgan fingerprint density at radius 3 is 2.65 bits per heavy atom. The smallest absolute Gasteiger partial charge is 0.385 e. The zero-order chi connectivity index (χ0) is 22.6. The number of carbonyl (C=O) groups is 1. The van der Waals surface area contributed by atoms with Gasteiger partial charge in [-0.2, -0.15) is 18.3 Å². The van der Waals surface area contributed by atoms with E-state index in [-0.39, 0.29) is 30.0 Å². The second kappa shape index (κ2) is 6.99. The number of fused-ring (bicyclic) bond motifs is 1. The van der Waals surface area contributed by atoms with Gasteiger partial charge in [-0.1, -0.05) is 6.07 Å². The van der Waals surface area contributed by atoms with Gasteiger partial charge >= 0.3 is 6.18 Å². The van der Waals surface area contributed by atoms with Gasteiger partial charge in [0.05, 0.1) is 25.0 Å². The lowest BCUT2D eigenvalue weighted by Crippen LogP contribution is -2.60. The van der Waals surface area contributed by atoms with E-state index in [0.717, 1.165) is 11.6 Å². The molecule has 1 aliphatic rings. The molecule has 0 radical (unpaired) electrons. The van der Waals surface area contributed by atoms with Crippen LogP contribution in [0, 0.1) is 12.7 Å². The van der Waals surface area contributed by atoms with Gasteiger partial charge in [0.25, 0.3) is 5.91 Å². The normalized spacial score (nSPS) is 24.0. The Bertz CT molecular complexity index is 1170. The molecular formula is C20H18F4N4O3. The van der Waals surface area contributed by atoms with Crippen molar-refractivity contribution in [1.29, 1.82) is 0 Å². The molecule has 2 atom stereocenters. The third kappa shape index (κ3) is 3.43. The van der Waals surface area contributed by atoms with Gasteiger partial charge in [0.2, 0.25) is 0 Å². The highest BCUT2D eigenvalue weighted by molar-refractivity contribution is 6.00. The lowest BCUT2D eigenvalue weighted by Gasteiger charge is -2.39. The molecule has 0 aliphatic carbocycles. The molecule has 1 saturated heterocycles. The highest BCUT2D eigenvalue weighted by atomic mass is 19.4. The van der Waals surface area contributed by atoms with Gasteiger partial charge in [0.15, 0.2) is 5.65 Å². The van der Waals surface area contributed by atoms with Crippen LogP contribution in [0.5, 0.6) is 0 Å². The number of halogens is 4. The molecule has 1 aromatic carbocycles. The van der Waals surface area contributed by atoms with Crippen molar-refractivity contribution in [2.45, 2.75) is 31.2 Å².